The average Bonchev–Trinajstić information content (AvgIpc) is 3.14. The maximum Gasteiger partial charge on any atom is 0.326 e. The van der Waals surface area contributed by atoms with Gasteiger partial charge in [-0.15, -0.1) is 0 Å². The van der Waals surface area contributed by atoms with Crippen LogP contribution in [0.25, 0.3) is 0 Å². The van der Waals surface area contributed by atoms with Crippen molar-refractivity contribution in [3.63, 3.8) is 0 Å². The van der Waals surface area contributed by atoms with E-state index in [0.29, 0.717) is 23.8 Å². The number of ether oxygens (including phenoxy) is 2. The molecule has 1 aliphatic heterocycles. The first-order chi connectivity index (χ1) is 14.1. The van der Waals surface area contributed by atoms with Crippen LogP contribution in [-0.4, -0.2) is 45.6 Å². The minimum absolute atomic E-state index is 0.0232. The van der Waals surface area contributed by atoms with Crippen molar-refractivity contribution < 1.29 is 24.2 Å². The fourth-order valence-corrected chi connectivity index (χ4v) is 4.39. The third-order valence-corrected chi connectivity index (χ3v) is 5.71. The molecule has 2 fully saturated rings. The van der Waals surface area contributed by atoms with Gasteiger partial charge in [0.25, 0.3) is 5.91 Å². The van der Waals surface area contributed by atoms with Crippen molar-refractivity contribution in [2.45, 2.75) is 44.2 Å². The zero-order chi connectivity index (χ0) is 20.2. The third kappa shape index (κ3) is 4.34. The van der Waals surface area contributed by atoms with Gasteiger partial charge in [0.2, 0.25) is 5.88 Å². The highest BCUT2D eigenvalue weighted by Gasteiger charge is 2.47. The predicted molar refractivity (Wildman–Crippen MR) is 105 cm³/mol. The summed E-state index contributed by atoms with van der Waals surface area (Å²) in [6.45, 7) is -0.173. The number of carboxylic acid groups (broad SMARTS) is 1. The standard InChI is InChI=1S/C22H24N2O5/c25-21(24-18-6-2-1-5-15(18)13-19(24)22(26)27)14-28-16-8-10-17(11-9-16)29-20-7-3-4-12-23-20/h3-4,7-12,15,18-19H,1-2,5-6,13-14H2,(H,26,27). The molecule has 0 radical (unpaired) electrons. The van der Waals surface area contributed by atoms with Crippen molar-refractivity contribution in [1.29, 1.82) is 0 Å². The number of hydrogen-bond donors (Lipinski definition) is 1. The van der Waals surface area contributed by atoms with Gasteiger partial charge in [0.05, 0.1) is 0 Å². The maximum atomic E-state index is 12.8. The molecule has 2 aliphatic rings. The van der Waals surface area contributed by atoms with Crippen LogP contribution in [0, 0.1) is 5.92 Å². The molecule has 0 spiro atoms. The highest BCUT2D eigenvalue weighted by molar-refractivity contribution is 5.85. The van der Waals surface area contributed by atoms with Crippen LogP contribution < -0.4 is 9.47 Å². The second kappa shape index (κ2) is 8.51. The van der Waals surface area contributed by atoms with Crippen LogP contribution in [0.15, 0.2) is 48.7 Å². The van der Waals surface area contributed by atoms with E-state index in [-0.39, 0.29) is 24.5 Å². The maximum absolute atomic E-state index is 12.8. The Labute approximate surface area is 169 Å². The normalized spacial score (nSPS) is 23.3. The van der Waals surface area contributed by atoms with Crippen LogP contribution >= 0.6 is 0 Å². The van der Waals surface area contributed by atoms with Crippen molar-refractivity contribution in [1.82, 2.24) is 9.88 Å². The van der Waals surface area contributed by atoms with E-state index >= 15 is 0 Å². The second-order valence-corrected chi connectivity index (χ2v) is 7.53. The van der Waals surface area contributed by atoms with Gasteiger partial charge in [0.15, 0.2) is 6.61 Å². The zero-order valence-electron chi connectivity index (χ0n) is 16.1. The molecule has 2 heterocycles. The third-order valence-electron chi connectivity index (χ3n) is 5.71. The van der Waals surface area contributed by atoms with Crippen LogP contribution in [0.1, 0.15) is 32.1 Å². The molecule has 1 amide bonds. The number of rotatable bonds is 6. The molecule has 29 heavy (non-hydrogen) atoms. The molecular formula is C22H24N2O5. The Hall–Kier alpha value is -3.09. The molecule has 3 unspecified atom stereocenters. The highest BCUT2D eigenvalue weighted by atomic mass is 16.5. The van der Waals surface area contributed by atoms with E-state index < -0.39 is 12.0 Å². The Bertz CT molecular complexity index is 855. The smallest absolute Gasteiger partial charge is 0.326 e. The van der Waals surface area contributed by atoms with Crippen LogP contribution in [0.2, 0.25) is 0 Å². The van der Waals surface area contributed by atoms with Crippen LogP contribution in [0.5, 0.6) is 17.4 Å². The lowest BCUT2D eigenvalue weighted by molar-refractivity contribution is -0.150. The van der Waals surface area contributed by atoms with Gasteiger partial charge in [-0.1, -0.05) is 18.9 Å². The first-order valence-electron chi connectivity index (χ1n) is 9.97. The number of benzene rings is 1. The fraction of sp³-hybridized carbons (Fsp3) is 0.409. The van der Waals surface area contributed by atoms with E-state index in [1.165, 1.54) is 0 Å². The summed E-state index contributed by atoms with van der Waals surface area (Å²) in [5, 5.41) is 9.56. The minimum atomic E-state index is -0.927. The Morgan fingerprint density at radius 1 is 1.07 bits per heavy atom. The Balaban J connectivity index is 1.36. The fourth-order valence-electron chi connectivity index (χ4n) is 4.39. The molecule has 1 saturated carbocycles. The first-order valence-corrected chi connectivity index (χ1v) is 9.97. The van der Waals surface area contributed by atoms with Crippen molar-refractivity contribution in [3.05, 3.63) is 48.7 Å². The van der Waals surface area contributed by atoms with E-state index in [1.54, 1.807) is 41.4 Å². The summed E-state index contributed by atoms with van der Waals surface area (Å²) in [4.78, 5) is 30.1. The summed E-state index contributed by atoms with van der Waals surface area (Å²) in [7, 11) is 0. The number of carbonyl (C=O) groups excluding carboxylic acids is 1. The number of carbonyl (C=O) groups is 2. The van der Waals surface area contributed by atoms with Gasteiger partial charge in [-0.3, -0.25) is 4.79 Å². The molecule has 4 rings (SSSR count). The molecule has 1 saturated heterocycles. The lowest BCUT2D eigenvalue weighted by atomic mass is 9.85. The molecular weight excluding hydrogens is 372 g/mol. The highest BCUT2D eigenvalue weighted by Crippen LogP contribution is 2.39. The van der Waals surface area contributed by atoms with E-state index in [2.05, 4.69) is 4.98 Å². The minimum Gasteiger partial charge on any atom is -0.484 e. The number of aromatic nitrogens is 1. The molecule has 2 aromatic rings. The zero-order valence-corrected chi connectivity index (χ0v) is 16.1. The topological polar surface area (TPSA) is 89.0 Å². The van der Waals surface area contributed by atoms with E-state index in [1.807, 2.05) is 12.1 Å². The first kappa shape index (κ1) is 19.2. The summed E-state index contributed by atoms with van der Waals surface area (Å²) < 4.78 is 11.3. The van der Waals surface area contributed by atoms with E-state index in [0.717, 1.165) is 25.7 Å². The summed E-state index contributed by atoms with van der Waals surface area (Å²) in [5.74, 6) is 0.726. The summed E-state index contributed by atoms with van der Waals surface area (Å²) in [6, 6.07) is 11.6. The molecule has 1 aliphatic carbocycles. The van der Waals surface area contributed by atoms with Gasteiger partial charge >= 0.3 is 5.97 Å². The number of likely N-dealkylation sites (tertiary alicyclic amines) is 1. The molecule has 0 bridgehead atoms. The molecule has 7 heteroatoms. The van der Waals surface area contributed by atoms with Gasteiger partial charge in [-0.25, -0.2) is 9.78 Å². The van der Waals surface area contributed by atoms with Crippen molar-refractivity contribution in [2.75, 3.05) is 6.61 Å². The Morgan fingerprint density at radius 3 is 2.55 bits per heavy atom. The lowest BCUT2D eigenvalue weighted by Gasteiger charge is -2.32. The SMILES string of the molecule is O=C(O)C1CC2CCCCC2N1C(=O)COc1ccc(Oc2ccccn2)cc1. The molecule has 1 aromatic heterocycles. The number of carboxylic acids is 1. The number of amides is 1. The van der Waals surface area contributed by atoms with E-state index in [4.69, 9.17) is 9.47 Å². The van der Waals surface area contributed by atoms with Gasteiger partial charge in [0, 0.05) is 18.3 Å². The van der Waals surface area contributed by atoms with Crippen molar-refractivity contribution in [2.24, 2.45) is 5.92 Å². The molecule has 152 valence electrons. The largest absolute Gasteiger partial charge is 0.484 e. The number of nitrogens with zero attached hydrogens (tertiary/aromatic N) is 2. The van der Waals surface area contributed by atoms with Gasteiger partial charge in [-0.2, -0.15) is 0 Å². The number of pyridine rings is 1. The average molecular weight is 396 g/mol. The molecule has 3 atom stereocenters. The number of aliphatic carboxylic acids is 1. The molecule has 1 N–H and O–H groups in total. The number of hydrogen-bond acceptors (Lipinski definition) is 5. The van der Waals surface area contributed by atoms with Gasteiger partial charge < -0.3 is 19.5 Å². The van der Waals surface area contributed by atoms with Gasteiger partial charge in [0.1, 0.15) is 17.5 Å². The van der Waals surface area contributed by atoms with Crippen LogP contribution in [0.3, 0.4) is 0 Å². The predicted octanol–water partition coefficient (Wildman–Crippen LogP) is 3.50. The lowest BCUT2D eigenvalue weighted by Crippen LogP contribution is -2.48. The van der Waals surface area contributed by atoms with Crippen LogP contribution in [0.4, 0.5) is 0 Å². The molecule has 7 nitrogen and oxygen atoms in total. The monoisotopic (exact) mass is 396 g/mol. The second-order valence-electron chi connectivity index (χ2n) is 7.53. The Kier molecular flexibility index (Phi) is 5.64. The number of fused-ring (bicyclic) bond motifs is 1. The van der Waals surface area contributed by atoms with E-state index in [9.17, 15) is 14.7 Å². The summed E-state index contributed by atoms with van der Waals surface area (Å²) >= 11 is 0. The van der Waals surface area contributed by atoms with Crippen molar-refractivity contribution >= 4 is 11.9 Å². The summed E-state index contributed by atoms with van der Waals surface area (Å²) in [5.41, 5.74) is 0. The van der Waals surface area contributed by atoms with Crippen molar-refractivity contribution in [3.8, 4) is 17.4 Å². The molecule has 1 aromatic carbocycles. The quantitative estimate of drug-likeness (QED) is 0.804. The Morgan fingerprint density at radius 2 is 1.83 bits per heavy atom. The summed E-state index contributed by atoms with van der Waals surface area (Å²) in [6.07, 6.45) is 6.22. The van der Waals surface area contributed by atoms with Crippen LogP contribution in [-0.2, 0) is 9.59 Å². The van der Waals surface area contributed by atoms with Gasteiger partial charge in [-0.05, 0) is 55.5 Å².